The van der Waals surface area contributed by atoms with E-state index in [9.17, 15) is 9.18 Å². The summed E-state index contributed by atoms with van der Waals surface area (Å²) >= 11 is 0. The number of nitrogens with one attached hydrogen (secondary N) is 1. The molecule has 3 nitrogen and oxygen atoms in total. The first-order valence-electron chi connectivity index (χ1n) is 6.27. The first-order valence-corrected chi connectivity index (χ1v) is 6.27. The van der Waals surface area contributed by atoms with Crippen molar-refractivity contribution in [2.24, 2.45) is 0 Å². The molecule has 0 radical (unpaired) electrons. The molecule has 1 aromatic rings. The zero-order chi connectivity index (χ0) is 13.0. The molecule has 0 saturated heterocycles. The van der Waals surface area contributed by atoms with E-state index >= 15 is 0 Å². The van der Waals surface area contributed by atoms with Crippen LogP contribution in [-0.2, 0) is 9.53 Å². The molecular weight excluding hydrogens is 233 g/mol. The summed E-state index contributed by atoms with van der Waals surface area (Å²) in [5, 5.41) is 3.33. The molecular formula is C14H18FNO2. The van der Waals surface area contributed by atoms with Crippen molar-refractivity contribution < 1.29 is 13.9 Å². The van der Waals surface area contributed by atoms with Gasteiger partial charge in [0.15, 0.2) is 0 Å². The molecule has 1 atom stereocenters. The van der Waals surface area contributed by atoms with Crippen LogP contribution in [0.2, 0.25) is 0 Å². The number of methoxy groups -OCH3 is 1. The number of ether oxygens (including phenoxy) is 1. The molecule has 0 spiro atoms. The molecule has 98 valence electrons. The largest absolute Gasteiger partial charge is 0.469 e. The molecule has 0 bridgehead atoms. The fourth-order valence-corrected chi connectivity index (χ4v) is 2.10. The SMILES string of the molecule is COC(=O)C(CNC1CCC1)c1cccc(F)c1. The second kappa shape index (κ2) is 5.96. The van der Waals surface area contributed by atoms with Gasteiger partial charge in [0.2, 0.25) is 0 Å². The van der Waals surface area contributed by atoms with Gasteiger partial charge in [-0.2, -0.15) is 0 Å². The van der Waals surface area contributed by atoms with Crippen LogP contribution in [0.5, 0.6) is 0 Å². The molecule has 0 aromatic heterocycles. The van der Waals surface area contributed by atoms with Gasteiger partial charge >= 0.3 is 5.97 Å². The van der Waals surface area contributed by atoms with Gasteiger partial charge in [0.1, 0.15) is 5.82 Å². The van der Waals surface area contributed by atoms with E-state index < -0.39 is 5.92 Å². The Kier molecular flexibility index (Phi) is 4.31. The summed E-state index contributed by atoms with van der Waals surface area (Å²) in [7, 11) is 1.36. The summed E-state index contributed by atoms with van der Waals surface area (Å²) in [5.41, 5.74) is 0.661. The van der Waals surface area contributed by atoms with Gasteiger partial charge in [0.25, 0.3) is 0 Å². The highest BCUT2D eigenvalue weighted by Crippen LogP contribution is 2.21. The average molecular weight is 251 g/mol. The lowest BCUT2D eigenvalue weighted by atomic mass is 9.91. The van der Waals surface area contributed by atoms with Gasteiger partial charge in [-0.3, -0.25) is 4.79 Å². The standard InChI is InChI=1S/C14H18FNO2/c1-18-14(17)13(9-16-12-6-3-7-12)10-4-2-5-11(15)8-10/h2,4-5,8,12-13,16H,3,6-7,9H2,1H3. The number of carbonyl (C=O) groups excluding carboxylic acids is 1. The predicted octanol–water partition coefficient (Wildman–Crippen LogP) is 2.22. The number of benzene rings is 1. The third-order valence-electron chi connectivity index (χ3n) is 3.45. The summed E-state index contributed by atoms with van der Waals surface area (Å²) in [5.74, 6) is -1.09. The molecule has 0 aliphatic heterocycles. The Morgan fingerprint density at radius 2 is 2.33 bits per heavy atom. The highest BCUT2D eigenvalue weighted by molar-refractivity contribution is 5.78. The van der Waals surface area contributed by atoms with Crippen LogP contribution in [-0.4, -0.2) is 25.7 Å². The maximum absolute atomic E-state index is 13.2. The average Bonchev–Trinajstić information content (AvgIpc) is 2.31. The zero-order valence-electron chi connectivity index (χ0n) is 10.5. The van der Waals surface area contributed by atoms with Crippen molar-refractivity contribution in [1.82, 2.24) is 5.32 Å². The van der Waals surface area contributed by atoms with Gasteiger partial charge in [0.05, 0.1) is 13.0 Å². The van der Waals surface area contributed by atoms with E-state index in [0.29, 0.717) is 18.2 Å². The van der Waals surface area contributed by atoms with E-state index in [4.69, 9.17) is 4.74 Å². The number of halogens is 1. The third kappa shape index (κ3) is 3.07. The molecule has 1 aliphatic carbocycles. The van der Waals surface area contributed by atoms with Crippen molar-refractivity contribution in [2.45, 2.75) is 31.2 Å². The van der Waals surface area contributed by atoms with E-state index in [-0.39, 0.29) is 11.8 Å². The quantitative estimate of drug-likeness (QED) is 0.815. The van der Waals surface area contributed by atoms with Crippen molar-refractivity contribution in [3.63, 3.8) is 0 Å². The summed E-state index contributed by atoms with van der Waals surface area (Å²) in [6.45, 7) is 0.501. The van der Waals surface area contributed by atoms with Crippen LogP contribution >= 0.6 is 0 Å². The molecule has 1 unspecified atom stereocenters. The normalized spacial score (nSPS) is 17.0. The topological polar surface area (TPSA) is 38.3 Å². The molecule has 1 aliphatic rings. The third-order valence-corrected chi connectivity index (χ3v) is 3.45. The van der Waals surface area contributed by atoms with Gasteiger partial charge < -0.3 is 10.1 Å². The molecule has 1 N–H and O–H groups in total. The van der Waals surface area contributed by atoms with Gasteiger partial charge in [-0.25, -0.2) is 4.39 Å². The first-order chi connectivity index (χ1) is 8.70. The minimum atomic E-state index is -0.439. The number of rotatable bonds is 5. The van der Waals surface area contributed by atoms with Crippen LogP contribution in [0.4, 0.5) is 4.39 Å². The van der Waals surface area contributed by atoms with Crippen LogP contribution in [0, 0.1) is 5.82 Å². The molecule has 0 heterocycles. The highest BCUT2D eigenvalue weighted by Gasteiger charge is 2.24. The van der Waals surface area contributed by atoms with Crippen LogP contribution in [0.25, 0.3) is 0 Å². The molecule has 4 heteroatoms. The number of carbonyl (C=O) groups is 1. The second-order valence-corrected chi connectivity index (χ2v) is 4.67. The first kappa shape index (κ1) is 13.0. The van der Waals surface area contributed by atoms with Crippen molar-refractivity contribution in [3.8, 4) is 0 Å². The Balaban J connectivity index is 2.05. The number of esters is 1. The minimum absolute atomic E-state index is 0.326. The Bertz CT molecular complexity index is 418. The van der Waals surface area contributed by atoms with E-state index in [1.807, 2.05) is 0 Å². The minimum Gasteiger partial charge on any atom is -0.469 e. The van der Waals surface area contributed by atoms with Gasteiger partial charge in [-0.15, -0.1) is 0 Å². The van der Waals surface area contributed by atoms with Gasteiger partial charge in [-0.1, -0.05) is 18.6 Å². The second-order valence-electron chi connectivity index (χ2n) is 4.67. The summed E-state index contributed by atoms with van der Waals surface area (Å²) in [6.07, 6.45) is 3.54. The zero-order valence-corrected chi connectivity index (χ0v) is 10.5. The molecule has 18 heavy (non-hydrogen) atoms. The smallest absolute Gasteiger partial charge is 0.314 e. The Morgan fingerprint density at radius 3 is 2.89 bits per heavy atom. The molecule has 1 saturated carbocycles. The fraction of sp³-hybridized carbons (Fsp3) is 0.500. The van der Waals surface area contributed by atoms with E-state index in [1.54, 1.807) is 12.1 Å². The van der Waals surface area contributed by atoms with Crippen LogP contribution in [0.15, 0.2) is 24.3 Å². The van der Waals surface area contributed by atoms with E-state index in [0.717, 1.165) is 12.8 Å². The summed E-state index contributed by atoms with van der Waals surface area (Å²) in [4.78, 5) is 11.8. The van der Waals surface area contributed by atoms with Crippen LogP contribution in [0.1, 0.15) is 30.7 Å². The monoisotopic (exact) mass is 251 g/mol. The Labute approximate surface area is 106 Å². The Morgan fingerprint density at radius 1 is 1.56 bits per heavy atom. The molecule has 1 fully saturated rings. The molecule has 1 aromatic carbocycles. The number of hydrogen-bond donors (Lipinski definition) is 1. The van der Waals surface area contributed by atoms with Crippen molar-refractivity contribution in [3.05, 3.63) is 35.6 Å². The summed E-state index contributed by atoms with van der Waals surface area (Å²) in [6, 6.07) is 6.63. The molecule has 0 amide bonds. The van der Waals surface area contributed by atoms with Crippen molar-refractivity contribution >= 4 is 5.97 Å². The van der Waals surface area contributed by atoms with E-state index in [1.165, 1.54) is 25.7 Å². The lowest BCUT2D eigenvalue weighted by Crippen LogP contribution is -2.39. The van der Waals surface area contributed by atoms with Crippen molar-refractivity contribution in [1.29, 1.82) is 0 Å². The highest BCUT2D eigenvalue weighted by atomic mass is 19.1. The maximum atomic E-state index is 13.2. The van der Waals surface area contributed by atoms with E-state index in [2.05, 4.69) is 5.32 Å². The Hall–Kier alpha value is -1.42. The molecule has 2 rings (SSSR count). The van der Waals surface area contributed by atoms with Crippen molar-refractivity contribution in [2.75, 3.05) is 13.7 Å². The lowest BCUT2D eigenvalue weighted by Gasteiger charge is -2.28. The maximum Gasteiger partial charge on any atom is 0.314 e. The fourth-order valence-electron chi connectivity index (χ4n) is 2.10. The number of hydrogen-bond acceptors (Lipinski definition) is 3. The van der Waals surface area contributed by atoms with Gasteiger partial charge in [0, 0.05) is 12.6 Å². The lowest BCUT2D eigenvalue weighted by molar-refractivity contribution is -0.142. The summed E-state index contributed by atoms with van der Waals surface area (Å²) < 4.78 is 18.0. The van der Waals surface area contributed by atoms with Crippen LogP contribution in [0.3, 0.4) is 0 Å². The van der Waals surface area contributed by atoms with Crippen LogP contribution < -0.4 is 5.32 Å². The van der Waals surface area contributed by atoms with Gasteiger partial charge in [-0.05, 0) is 30.5 Å². The predicted molar refractivity (Wildman–Crippen MR) is 66.8 cm³/mol.